The van der Waals surface area contributed by atoms with Gasteiger partial charge in [-0.05, 0) is 25.0 Å². The molecule has 0 saturated carbocycles. The molecule has 1 saturated heterocycles. The Labute approximate surface area is 98.7 Å². The molecule has 2 nitrogen and oxygen atoms in total. The van der Waals surface area contributed by atoms with E-state index in [2.05, 4.69) is 28.2 Å². The highest BCUT2D eigenvalue weighted by Gasteiger charge is 2.23. The lowest BCUT2D eigenvalue weighted by molar-refractivity contribution is -0.120. The van der Waals surface area contributed by atoms with Crippen molar-refractivity contribution < 1.29 is 4.79 Å². The average molecular weight is 280 g/mol. The van der Waals surface area contributed by atoms with Crippen molar-refractivity contribution in [3.63, 3.8) is 0 Å². The predicted octanol–water partition coefficient (Wildman–Crippen LogP) is 2.56. The van der Waals surface area contributed by atoms with E-state index < -0.39 is 0 Å². The first-order valence-electron chi connectivity index (χ1n) is 5.27. The summed E-state index contributed by atoms with van der Waals surface area (Å²) >= 11 is 5.34. The van der Waals surface area contributed by atoms with Gasteiger partial charge in [0, 0.05) is 11.4 Å². The first-order valence-corrected chi connectivity index (χ1v) is 7.24. The molecular weight excluding hydrogens is 262 g/mol. The van der Waals surface area contributed by atoms with Crippen LogP contribution in [0.4, 0.5) is 0 Å². The molecule has 1 aliphatic rings. The average Bonchev–Trinajstić information content (AvgIpc) is 2.67. The van der Waals surface area contributed by atoms with Crippen molar-refractivity contribution in [3.05, 3.63) is 0 Å². The van der Waals surface area contributed by atoms with E-state index in [1.165, 1.54) is 6.42 Å². The van der Waals surface area contributed by atoms with Crippen molar-refractivity contribution in [2.45, 2.75) is 42.7 Å². The van der Waals surface area contributed by atoms with Gasteiger partial charge in [-0.25, -0.2) is 0 Å². The summed E-state index contributed by atoms with van der Waals surface area (Å²) in [6.45, 7) is 2.92. The van der Waals surface area contributed by atoms with Crippen molar-refractivity contribution in [3.8, 4) is 0 Å². The van der Waals surface area contributed by atoms with Gasteiger partial charge in [0.1, 0.15) is 0 Å². The molecule has 0 aliphatic carbocycles. The fourth-order valence-electron chi connectivity index (χ4n) is 1.52. The van der Waals surface area contributed by atoms with Crippen LogP contribution in [0.1, 0.15) is 32.6 Å². The number of carbonyl (C=O) groups is 1. The minimum atomic E-state index is 0.219. The summed E-state index contributed by atoms with van der Waals surface area (Å²) in [6, 6.07) is 0. The van der Waals surface area contributed by atoms with Crippen LogP contribution in [-0.2, 0) is 4.79 Å². The molecule has 14 heavy (non-hydrogen) atoms. The molecule has 4 heteroatoms. The van der Waals surface area contributed by atoms with E-state index >= 15 is 0 Å². The molecule has 2 unspecified atom stereocenters. The van der Waals surface area contributed by atoms with Crippen LogP contribution in [0.2, 0.25) is 0 Å². The first-order chi connectivity index (χ1) is 6.74. The molecule has 1 N–H and O–H groups in total. The summed E-state index contributed by atoms with van der Waals surface area (Å²) in [5.41, 5.74) is 0. The molecule has 0 aromatic heterocycles. The topological polar surface area (TPSA) is 29.1 Å². The van der Waals surface area contributed by atoms with Crippen LogP contribution in [0.25, 0.3) is 0 Å². The highest BCUT2D eigenvalue weighted by atomic mass is 79.9. The van der Waals surface area contributed by atoms with E-state index in [9.17, 15) is 4.79 Å². The van der Waals surface area contributed by atoms with Crippen LogP contribution in [-0.4, -0.2) is 28.3 Å². The quantitative estimate of drug-likeness (QED) is 0.784. The zero-order valence-electron chi connectivity index (χ0n) is 8.59. The molecule has 1 fully saturated rings. The second-order valence-corrected chi connectivity index (χ2v) is 6.24. The van der Waals surface area contributed by atoms with Gasteiger partial charge in [-0.3, -0.25) is 4.79 Å². The Morgan fingerprint density at radius 2 is 2.50 bits per heavy atom. The van der Waals surface area contributed by atoms with Crippen LogP contribution < -0.4 is 5.32 Å². The van der Waals surface area contributed by atoms with Gasteiger partial charge < -0.3 is 5.32 Å². The Morgan fingerprint density at radius 3 is 3.07 bits per heavy atom. The smallest absolute Gasteiger partial charge is 0.233 e. The fourth-order valence-corrected chi connectivity index (χ4v) is 3.33. The van der Waals surface area contributed by atoms with Gasteiger partial charge >= 0.3 is 0 Å². The van der Waals surface area contributed by atoms with Gasteiger partial charge in [0.2, 0.25) is 5.91 Å². The number of rotatable bonds is 5. The predicted molar refractivity (Wildman–Crippen MR) is 66.1 cm³/mol. The number of thioether (sulfide) groups is 1. The van der Waals surface area contributed by atoms with Crippen LogP contribution in [0.15, 0.2) is 0 Å². The summed E-state index contributed by atoms with van der Waals surface area (Å²) in [7, 11) is 0. The maximum Gasteiger partial charge on any atom is 0.233 e. The molecule has 82 valence electrons. The van der Waals surface area contributed by atoms with Crippen molar-refractivity contribution >= 4 is 33.6 Å². The Morgan fingerprint density at radius 1 is 1.71 bits per heavy atom. The first kappa shape index (κ1) is 12.4. The number of hydrogen-bond donors (Lipinski definition) is 1. The maximum absolute atomic E-state index is 11.6. The number of alkyl halides is 1. The molecule has 1 aliphatic heterocycles. The van der Waals surface area contributed by atoms with Crippen molar-refractivity contribution in [1.29, 1.82) is 0 Å². The zero-order valence-corrected chi connectivity index (χ0v) is 11.0. The van der Waals surface area contributed by atoms with E-state index in [1.54, 1.807) is 11.8 Å². The summed E-state index contributed by atoms with van der Waals surface area (Å²) in [6.07, 6.45) is 4.52. The number of carbonyl (C=O) groups excluding carboxylic acids is 1. The highest BCUT2D eigenvalue weighted by molar-refractivity contribution is 9.09. The summed E-state index contributed by atoms with van der Waals surface area (Å²) in [5, 5.41) is 3.22. The fraction of sp³-hybridized carbons (Fsp3) is 0.900. The second-order valence-electron chi connectivity index (χ2n) is 3.63. The Balaban J connectivity index is 2.13. The SMILES string of the molecule is CCCC(Br)CNC(=O)C1CCCS1. The van der Waals surface area contributed by atoms with Crippen LogP contribution in [0.3, 0.4) is 0 Å². The van der Waals surface area contributed by atoms with E-state index in [4.69, 9.17) is 0 Å². The number of amides is 1. The lowest BCUT2D eigenvalue weighted by Crippen LogP contribution is -2.35. The Bertz CT molecular complexity index is 183. The molecule has 0 aromatic carbocycles. The molecule has 0 bridgehead atoms. The van der Waals surface area contributed by atoms with E-state index in [1.807, 2.05) is 0 Å². The third-order valence-corrected chi connectivity index (χ3v) is 4.48. The van der Waals surface area contributed by atoms with Gasteiger partial charge in [0.05, 0.1) is 5.25 Å². The van der Waals surface area contributed by atoms with Gasteiger partial charge in [0.25, 0.3) is 0 Å². The largest absolute Gasteiger partial charge is 0.354 e. The number of hydrogen-bond acceptors (Lipinski definition) is 2. The standard InChI is InChI=1S/C10H18BrNOS/c1-2-4-8(11)7-12-10(13)9-5-3-6-14-9/h8-9H,2-7H2,1H3,(H,12,13). The highest BCUT2D eigenvalue weighted by Crippen LogP contribution is 2.26. The molecule has 1 amide bonds. The third kappa shape index (κ3) is 4.22. The molecular formula is C10H18BrNOS. The lowest BCUT2D eigenvalue weighted by Gasteiger charge is -2.12. The maximum atomic E-state index is 11.6. The minimum Gasteiger partial charge on any atom is -0.354 e. The lowest BCUT2D eigenvalue weighted by atomic mass is 10.2. The summed E-state index contributed by atoms with van der Waals surface area (Å²) in [5.74, 6) is 1.37. The molecule has 0 spiro atoms. The number of nitrogens with one attached hydrogen (secondary N) is 1. The normalized spacial score (nSPS) is 23.4. The van der Waals surface area contributed by atoms with Gasteiger partial charge in [-0.15, -0.1) is 11.8 Å². The van der Waals surface area contributed by atoms with E-state index in [0.29, 0.717) is 4.83 Å². The Kier molecular flexibility index (Phi) is 5.94. The van der Waals surface area contributed by atoms with E-state index in [0.717, 1.165) is 31.6 Å². The van der Waals surface area contributed by atoms with Crippen molar-refractivity contribution in [2.75, 3.05) is 12.3 Å². The van der Waals surface area contributed by atoms with Crippen LogP contribution in [0, 0.1) is 0 Å². The molecule has 1 rings (SSSR count). The van der Waals surface area contributed by atoms with Gasteiger partial charge in [-0.2, -0.15) is 0 Å². The van der Waals surface area contributed by atoms with Gasteiger partial charge in [0.15, 0.2) is 0 Å². The number of halogens is 1. The molecule has 2 atom stereocenters. The molecule has 0 radical (unpaired) electrons. The van der Waals surface area contributed by atoms with Gasteiger partial charge in [-0.1, -0.05) is 29.3 Å². The third-order valence-electron chi connectivity index (χ3n) is 2.32. The second kappa shape index (κ2) is 6.72. The Hall–Kier alpha value is 0.300. The monoisotopic (exact) mass is 279 g/mol. The minimum absolute atomic E-state index is 0.219. The van der Waals surface area contributed by atoms with Crippen LogP contribution >= 0.6 is 27.7 Å². The molecule has 1 heterocycles. The van der Waals surface area contributed by atoms with Crippen molar-refractivity contribution in [2.24, 2.45) is 0 Å². The summed E-state index contributed by atoms with van der Waals surface area (Å²) < 4.78 is 0. The summed E-state index contributed by atoms with van der Waals surface area (Å²) in [4.78, 5) is 12.0. The molecule has 0 aromatic rings. The zero-order chi connectivity index (χ0) is 10.4. The van der Waals surface area contributed by atoms with E-state index in [-0.39, 0.29) is 11.2 Å². The van der Waals surface area contributed by atoms with Crippen molar-refractivity contribution in [1.82, 2.24) is 5.32 Å². The van der Waals surface area contributed by atoms with Crippen LogP contribution in [0.5, 0.6) is 0 Å².